The van der Waals surface area contributed by atoms with Gasteiger partial charge in [0, 0.05) is 46.1 Å². The van der Waals surface area contributed by atoms with E-state index in [2.05, 4.69) is 16.0 Å². The number of nitrogens with one attached hydrogen (secondary N) is 3. The van der Waals surface area contributed by atoms with Crippen molar-refractivity contribution in [2.24, 2.45) is 0 Å². The molecule has 0 aromatic heterocycles. The van der Waals surface area contributed by atoms with E-state index in [1.54, 1.807) is 61.5 Å². The van der Waals surface area contributed by atoms with Crippen LogP contribution in [0.4, 0.5) is 22.7 Å². The molecule has 222 valence electrons. The zero-order chi connectivity index (χ0) is 31.6. The molecular weight excluding hydrogens is 586 g/mol. The van der Waals surface area contributed by atoms with Crippen LogP contribution in [0.15, 0.2) is 114 Å². The molecule has 1 unspecified atom stereocenters. The van der Waals surface area contributed by atoms with Crippen molar-refractivity contribution in [2.75, 3.05) is 10.6 Å². The summed E-state index contributed by atoms with van der Waals surface area (Å²) in [7, 11) is 0. The van der Waals surface area contributed by atoms with Crippen LogP contribution in [0.2, 0.25) is 0 Å². The molecule has 13 heteroatoms. The average Bonchev–Trinajstić information content (AvgIpc) is 3.02. The molecule has 4 aromatic carbocycles. The number of carbonyl (C=O) groups is 3. The first-order chi connectivity index (χ1) is 21.1. The number of thioether (sulfide) groups is 1. The number of nitrogens with zero attached hydrogens (tertiary/aromatic N) is 2. The van der Waals surface area contributed by atoms with Gasteiger partial charge in [0.25, 0.3) is 23.2 Å². The zero-order valence-electron chi connectivity index (χ0n) is 23.1. The van der Waals surface area contributed by atoms with Crippen molar-refractivity contribution in [3.63, 3.8) is 0 Å². The highest BCUT2D eigenvalue weighted by Gasteiger charge is 2.17. The predicted octanol–water partition coefficient (Wildman–Crippen LogP) is 6.03. The molecule has 0 saturated heterocycles. The molecule has 4 rings (SSSR count). The second-order valence-electron chi connectivity index (χ2n) is 9.26. The third-order valence-corrected chi connectivity index (χ3v) is 7.20. The monoisotopic (exact) mass is 611 g/mol. The van der Waals surface area contributed by atoms with Crippen LogP contribution in [0.3, 0.4) is 0 Å². The quantitative estimate of drug-likeness (QED) is 0.0797. The molecule has 0 fully saturated rings. The third-order valence-electron chi connectivity index (χ3n) is 6.08. The second kappa shape index (κ2) is 14.4. The Morgan fingerprint density at radius 1 is 0.727 bits per heavy atom. The lowest BCUT2D eigenvalue weighted by molar-refractivity contribution is -0.385. The molecule has 0 aliphatic rings. The van der Waals surface area contributed by atoms with Crippen LogP contribution < -0.4 is 16.0 Å². The fraction of sp³-hybridized carbons (Fsp3) is 0.0645. The zero-order valence-corrected chi connectivity index (χ0v) is 23.9. The normalized spacial score (nSPS) is 11.6. The van der Waals surface area contributed by atoms with Gasteiger partial charge in [0.1, 0.15) is 5.70 Å². The molecular formula is C31H25N5O7S. The van der Waals surface area contributed by atoms with E-state index in [0.717, 1.165) is 4.90 Å². The summed E-state index contributed by atoms with van der Waals surface area (Å²) in [6, 6.07) is 26.1. The smallest absolute Gasteiger partial charge is 0.272 e. The van der Waals surface area contributed by atoms with Gasteiger partial charge < -0.3 is 16.0 Å². The van der Waals surface area contributed by atoms with E-state index in [1.807, 2.05) is 0 Å². The Balaban J connectivity index is 1.43. The van der Waals surface area contributed by atoms with E-state index < -0.39 is 26.9 Å². The van der Waals surface area contributed by atoms with Crippen LogP contribution in [0.1, 0.15) is 22.8 Å². The molecule has 44 heavy (non-hydrogen) atoms. The standard InChI is InChI=1S/C31H25N5O7S/c1-20(29(37)32-23-9-15-26(16-10-23)36(42)43)44-27-17-11-24(12-18-27)33-31(39)28(34-30(38)22-5-3-2-4-6-22)19-21-7-13-25(14-8-21)35(40)41/h2-20H,1H3,(H,32,37)(H,33,39)(H,34,38)/b28-19-. The molecule has 3 N–H and O–H groups in total. The molecule has 3 amide bonds. The van der Waals surface area contributed by atoms with Gasteiger partial charge >= 0.3 is 0 Å². The molecule has 1 atom stereocenters. The number of amides is 3. The van der Waals surface area contributed by atoms with Crippen molar-refractivity contribution in [1.29, 1.82) is 0 Å². The van der Waals surface area contributed by atoms with Crippen LogP contribution in [0.25, 0.3) is 6.08 Å². The van der Waals surface area contributed by atoms with E-state index >= 15 is 0 Å². The van der Waals surface area contributed by atoms with Gasteiger partial charge in [-0.3, -0.25) is 34.6 Å². The van der Waals surface area contributed by atoms with Crippen molar-refractivity contribution in [1.82, 2.24) is 5.32 Å². The summed E-state index contributed by atoms with van der Waals surface area (Å²) < 4.78 is 0. The van der Waals surface area contributed by atoms with Gasteiger partial charge in [-0.25, -0.2) is 0 Å². The van der Waals surface area contributed by atoms with Crippen LogP contribution in [0.5, 0.6) is 0 Å². The van der Waals surface area contributed by atoms with Crippen molar-refractivity contribution in [3.05, 3.63) is 140 Å². The van der Waals surface area contributed by atoms with Crippen LogP contribution in [-0.2, 0) is 9.59 Å². The molecule has 12 nitrogen and oxygen atoms in total. The molecule has 0 radical (unpaired) electrons. The van der Waals surface area contributed by atoms with Crippen molar-refractivity contribution in [2.45, 2.75) is 17.1 Å². The molecule has 0 spiro atoms. The number of non-ortho nitro benzene ring substituents is 2. The Morgan fingerprint density at radius 2 is 1.25 bits per heavy atom. The number of anilines is 2. The van der Waals surface area contributed by atoms with Crippen LogP contribution in [0, 0.1) is 20.2 Å². The number of rotatable bonds is 11. The van der Waals surface area contributed by atoms with Gasteiger partial charge in [-0.1, -0.05) is 18.2 Å². The minimum Gasteiger partial charge on any atom is -0.325 e. The SMILES string of the molecule is CC(Sc1ccc(NC(=O)/C(=C/c2ccc([N+](=O)[O-])cc2)NC(=O)c2ccccc2)cc1)C(=O)Nc1ccc([N+](=O)[O-])cc1. The molecule has 4 aromatic rings. The predicted molar refractivity (Wildman–Crippen MR) is 167 cm³/mol. The van der Waals surface area contributed by atoms with E-state index in [0.29, 0.717) is 22.5 Å². The number of hydrogen-bond acceptors (Lipinski definition) is 8. The lowest BCUT2D eigenvalue weighted by Gasteiger charge is -2.13. The van der Waals surface area contributed by atoms with E-state index in [1.165, 1.54) is 66.4 Å². The minimum atomic E-state index is -0.621. The average molecular weight is 612 g/mol. The second-order valence-corrected chi connectivity index (χ2v) is 10.7. The highest BCUT2D eigenvalue weighted by molar-refractivity contribution is 8.00. The summed E-state index contributed by atoms with van der Waals surface area (Å²) >= 11 is 1.27. The lowest BCUT2D eigenvalue weighted by Crippen LogP contribution is -2.30. The number of nitro benzene ring substituents is 2. The van der Waals surface area contributed by atoms with Crippen molar-refractivity contribution >= 4 is 58.3 Å². The summed E-state index contributed by atoms with van der Waals surface area (Å²) in [5, 5.41) is 29.4. The first kappa shape index (κ1) is 31.1. The summed E-state index contributed by atoms with van der Waals surface area (Å²) in [5.41, 5.74) is 1.38. The lowest BCUT2D eigenvalue weighted by atomic mass is 10.1. The summed E-state index contributed by atoms with van der Waals surface area (Å²) in [4.78, 5) is 60.2. The van der Waals surface area contributed by atoms with Gasteiger partial charge in [0.05, 0.1) is 15.1 Å². The fourth-order valence-electron chi connectivity index (χ4n) is 3.78. The number of carbonyl (C=O) groups excluding carboxylic acids is 3. The van der Waals surface area contributed by atoms with E-state index in [4.69, 9.17) is 0 Å². The van der Waals surface area contributed by atoms with Gasteiger partial charge in [0.2, 0.25) is 5.91 Å². The first-order valence-electron chi connectivity index (χ1n) is 13.0. The van der Waals surface area contributed by atoms with Crippen LogP contribution in [-0.4, -0.2) is 32.8 Å². The molecule has 0 bridgehead atoms. The summed E-state index contributed by atoms with van der Waals surface area (Å²) in [6.45, 7) is 1.71. The van der Waals surface area contributed by atoms with E-state index in [-0.39, 0.29) is 23.0 Å². The Kier molecular flexibility index (Phi) is 10.2. The highest BCUT2D eigenvalue weighted by atomic mass is 32.2. The van der Waals surface area contributed by atoms with Crippen molar-refractivity contribution in [3.8, 4) is 0 Å². The number of nitro groups is 2. The van der Waals surface area contributed by atoms with Gasteiger partial charge in [-0.2, -0.15) is 0 Å². The van der Waals surface area contributed by atoms with E-state index in [9.17, 15) is 34.6 Å². The third kappa shape index (κ3) is 8.59. The molecule has 0 heterocycles. The molecule has 0 aliphatic heterocycles. The van der Waals surface area contributed by atoms with Gasteiger partial charge in [-0.05, 0) is 79.2 Å². The Labute approximate surface area is 255 Å². The van der Waals surface area contributed by atoms with Crippen LogP contribution >= 0.6 is 11.8 Å². The first-order valence-corrected chi connectivity index (χ1v) is 13.9. The molecule has 0 saturated carbocycles. The fourth-order valence-corrected chi connectivity index (χ4v) is 4.65. The summed E-state index contributed by atoms with van der Waals surface area (Å²) in [6.07, 6.45) is 1.41. The minimum absolute atomic E-state index is 0.0786. The topological polar surface area (TPSA) is 174 Å². The van der Waals surface area contributed by atoms with Gasteiger partial charge in [0.15, 0.2) is 0 Å². The maximum atomic E-state index is 13.2. The Morgan fingerprint density at radius 3 is 1.82 bits per heavy atom. The molecule has 0 aliphatic carbocycles. The maximum Gasteiger partial charge on any atom is 0.272 e. The Bertz CT molecular complexity index is 1710. The largest absolute Gasteiger partial charge is 0.325 e. The van der Waals surface area contributed by atoms with Crippen molar-refractivity contribution < 1.29 is 24.2 Å². The van der Waals surface area contributed by atoms with Gasteiger partial charge in [-0.15, -0.1) is 11.8 Å². The maximum absolute atomic E-state index is 13.2. The number of benzene rings is 4. The summed E-state index contributed by atoms with van der Waals surface area (Å²) in [5.74, 6) is -1.43. The number of hydrogen-bond donors (Lipinski definition) is 3. The highest BCUT2D eigenvalue weighted by Crippen LogP contribution is 2.26. The Hall–Kier alpha value is -5.82.